The van der Waals surface area contributed by atoms with E-state index in [2.05, 4.69) is 72.7 Å². The van der Waals surface area contributed by atoms with Gasteiger partial charge in [0.15, 0.2) is 0 Å². The van der Waals surface area contributed by atoms with E-state index >= 15 is 0 Å². The Kier molecular flexibility index (Phi) is 5.61. The first-order chi connectivity index (χ1) is 17.5. The number of aromatic nitrogens is 6. The molecule has 4 N–H and O–H groups in total. The van der Waals surface area contributed by atoms with Crippen molar-refractivity contribution in [1.29, 1.82) is 0 Å². The molecule has 1 fully saturated rings. The lowest BCUT2D eigenvalue weighted by Crippen LogP contribution is -2.54. The molecule has 2 atom stereocenters. The van der Waals surface area contributed by atoms with Gasteiger partial charge in [0.1, 0.15) is 5.82 Å². The quantitative estimate of drug-likeness (QED) is 0.290. The fraction of sp³-hybridized carbons (Fsp3) is 0.259. The van der Waals surface area contributed by atoms with Gasteiger partial charge >= 0.3 is 0 Å². The highest BCUT2D eigenvalue weighted by Crippen LogP contribution is 2.31. The van der Waals surface area contributed by atoms with Gasteiger partial charge in [0.2, 0.25) is 5.95 Å². The molecule has 0 saturated carbocycles. The Balaban J connectivity index is 1.22. The van der Waals surface area contributed by atoms with Crippen LogP contribution in [-0.4, -0.2) is 55.3 Å². The van der Waals surface area contributed by atoms with Crippen LogP contribution in [0.1, 0.15) is 19.5 Å². The number of hydrogen-bond acceptors (Lipinski definition) is 7. The molecule has 0 amide bonds. The molecular weight excluding hydrogens is 450 g/mol. The van der Waals surface area contributed by atoms with E-state index in [0.717, 1.165) is 63.8 Å². The molecule has 9 heteroatoms. The summed E-state index contributed by atoms with van der Waals surface area (Å²) in [5, 5.41) is 14.2. The van der Waals surface area contributed by atoms with E-state index in [1.807, 2.05) is 49.6 Å². The predicted molar refractivity (Wildman–Crippen MR) is 143 cm³/mol. The zero-order valence-electron chi connectivity index (χ0n) is 20.6. The van der Waals surface area contributed by atoms with Gasteiger partial charge in [-0.15, -0.1) is 0 Å². The third-order valence-corrected chi connectivity index (χ3v) is 6.49. The number of aryl methyl sites for hydroxylation is 1. The van der Waals surface area contributed by atoms with Gasteiger partial charge in [0, 0.05) is 36.4 Å². The van der Waals surface area contributed by atoms with E-state index in [1.54, 1.807) is 0 Å². The highest BCUT2D eigenvalue weighted by atomic mass is 15.2. The number of nitrogens with zero attached hydrogens (tertiary/aromatic N) is 5. The zero-order valence-corrected chi connectivity index (χ0v) is 20.6. The normalized spacial score (nSPS) is 18.0. The number of H-pyrrole nitrogens is 2. The second-order valence-corrected chi connectivity index (χ2v) is 9.54. The van der Waals surface area contributed by atoms with Crippen LogP contribution < -0.4 is 15.5 Å². The maximum atomic E-state index is 4.69. The number of aromatic amines is 2. The highest BCUT2D eigenvalue weighted by Gasteiger charge is 2.21. The number of piperazine rings is 1. The molecule has 1 aromatic carbocycles. The number of anilines is 3. The number of pyridine rings is 2. The van der Waals surface area contributed by atoms with Crippen LogP contribution in [0.4, 0.5) is 17.5 Å². The molecule has 0 spiro atoms. The van der Waals surface area contributed by atoms with Crippen molar-refractivity contribution in [1.82, 2.24) is 35.5 Å². The third kappa shape index (κ3) is 4.40. The van der Waals surface area contributed by atoms with Gasteiger partial charge in [0.25, 0.3) is 0 Å². The predicted octanol–water partition coefficient (Wildman–Crippen LogP) is 4.65. The molecule has 6 rings (SSSR count). The lowest BCUT2D eigenvalue weighted by molar-refractivity contribution is 0.407. The van der Waals surface area contributed by atoms with Crippen molar-refractivity contribution in [3.63, 3.8) is 0 Å². The van der Waals surface area contributed by atoms with E-state index in [-0.39, 0.29) is 0 Å². The van der Waals surface area contributed by atoms with Crippen molar-refractivity contribution < 1.29 is 0 Å². The largest absolute Gasteiger partial charge is 0.367 e. The molecule has 36 heavy (non-hydrogen) atoms. The van der Waals surface area contributed by atoms with Crippen molar-refractivity contribution in [3.05, 3.63) is 66.6 Å². The van der Waals surface area contributed by atoms with E-state index < -0.39 is 0 Å². The fourth-order valence-corrected chi connectivity index (χ4v) is 4.92. The molecule has 182 valence electrons. The molecule has 1 unspecified atom stereocenters. The average Bonchev–Trinajstić information content (AvgIpc) is 3.50. The first kappa shape index (κ1) is 22.2. The molecule has 4 aromatic heterocycles. The topological polar surface area (TPSA) is 110 Å². The van der Waals surface area contributed by atoms with Gasteiger partial charge in [-0.05, 0) is 62.7 Å². The number of rotatable bonds is 5. The Bertz CT molecular complexity index is 1490. The average molecular weight is 480 g/mol. The Labute approximate surface area is 209 Å². The van der Waals surface area contributed by atoms with Gasteiger partial charge in [0.05, 0.1) is 40.5 Å². The van der Waals surface area contributed by atoms with E-state index in [9.17, 15) is 0 Å². The highest BCUT2D eigenvalue weighted by molar-refractivity contribution is 5.87. The summed E-state index contributed by atoms with van der Waals surface area (Å²) < 4.78 is 0. The Morgan fingerprint density at radius 2 is 1.83 bits per heavy atom. The molecule has 5 aromatic rings. The van der Waals surface area contributed by atoms with Crippen LogP contribution in [0.2, 0.25) is 0 Å². The molecule has 5 heterocycles. The monoisotopic (exact) mass is 479 g/mol. The fourth-order valence-electron chi connectivity index (χ4n) is 4.92. The van der Waals surface area contributed by atoms with Gasteiger partial charge in [-0.1, -0.05) is 12.1 Å². The van der Waals surface area contributed by atoms with Crippen LogP contribution in [0.3, 0.4) is 0 Å². The molecule has 1 saturated heterocycles. The summed E-state index contributed by atoms with van der Waals surface area (Å²) in [6.45, 7) is 8.36. The maximum Gasteiger partial charge on any atom is 0.206 e. The summed E-state index contributed by atoms with van der Waals surface area (Å²) >= 11 is 0. The molecule has 0 bridgehead atoms. The van der Waals surface area contributed by atoms with E-state index in [1.165, 1.54) is 0 Å². The number of imidazole rings is 1. The first-order valence-corrected chi connectivity index (χ1v) is 12.2. The van der Waals surface area contributed by atoms with Crippen LogP contribution in [0.25, 0.3) is 33.5 Å². The zero-order chi connectivity index (χ0) is 24.6. The van der Waals surface area contributed by atoms with Gasteiger partial charge in [-0.2, -0.15) is 5.10 Å². The van der Waals surface area contributed by atoms with Gasteiger partial charge in [-0.25, -0.2) is 9.97 Å². The minimum absolute atomic E-state index is 0.457. The third-order valence-electron chi connectivity index (χ3n) is 6.49. The molecular formula is C27H29N9. The van der Waals surface area contributed by atoms with Crippen LogP contribution in [0.5, 0.6) is 0 Å². The first-order valence-electron chi connectivity index (χ1n) is 12.2. The summed E-state index contributed by atoms with van der Waals surface area (Å²) in [6.07, 6.45) is 3.76. The Morgan fingerprint density at radius 3 is 2.61 bits per heavy atom. The van der Waals surface area contributed by atoms with Crippen molar-refractivity contribution in [2.24, 2.45) is 0 Å². The standard InChI is InChI=1S/C27H29N9/c1-16-5-4-6-23(31-16)26-21(13-29-35-26)19-7-9-22-24(11-19)33-27(32-22)34-25-10-8-20(12-28-25)36-14-17(2)30-18(3)15-36/h4-13,17-18,30H,14-15H2,1-3H3,(H,29,35)(H2,28,32,33,34)/t17-,18?/m1/s1. The van der Waals surface area contributed by atoms with Crippen LogP contribution in [-0.2, 0) is 0 Å². The smallest absolute Gasteiger partial charge is 0.206 e. The molecule has 0 aliphatic carbocycles. The molecule has 9 nitrogen and oxygen atoms in total. The second-order valence-electron chi connectivity index (χ2n) is 9.54. The van der Waals surface area contributed by atoms with Crippen molar-refractivity contribution in [2.75, 3.05) is 23.3 Å². The summed E-state index contributed by atoms with van der Waals surface area (Å²) in [4.78, 5) is 19.7. The van der Waals surface area contributed by atoms with Crippen molar-refractivity contribution in [3.8, 4) is 22.5 Å². The van der Waals surface area contributed by atoms with Crippen LogP contribution in [0, 0.1) is 6.92 Å². The minimum atomic E-state index is 0.457. The number of fused-ring (bicyclic) bond motifs is 1. The van der Waals surface area contributed by atoms with Crippen molar-refractivity contribution in [2.45, 2.75) is 32.9 Å². The van der Waals surface area contributed by atoms with Crippen LogP contribution in [0.15, 0.2) is 60.9 Å². The molecule has 1 aliphatic heterocycles. The summed E-state index contributed by atoms with van der Waals surface area (Å²) in [6, 6.07) is 17.1. The van der Waals surface area contributed by atoms with Gasteiger partial charge in [-0.3, -0.25) is 10.1 Å². The number of benzene rings is 1. The summed E-state index contributed by atoms with van der Waals surface area (Å²) in [7, 11) is 0. The summed E-state index contributed by atoms with van der Waals surface area (Å²) in [5.41, 5.74) is 7.70. The van der Waals surface area contributed by atoms with Crippen molar-refractivity contribution >= 4 is 28.5 Å². The lowest BCUT2D eigenvalue weighted by Gasteiger charge is -2.37. The summed E-state index contributed by atoms with van der Waals surface area (Å²) in [5.74, 6) is 1.40. The van der Waals surface area contributed by atoms with E-state index in [0.29, 0.717) is 18.0 Å². The number of nitrogens with one attached hydrogen (secondary N) is 4. The second kappa shape index (κ2) is 9.09. The Hall–Kier alpha value is -4.24. The molecule has 1 aliphatic rings. The minimum Gasteiger partial charge on any atom is -0.367 e. The van der Waals surface area contributed by atoms with E-state index in [4.69, 9.17) is 4.98 Å². The molecule has 0 radical (unpaired) electrons. The maximum absolute atomic E-state index is 4.69. The Morgan fingerprint density at radius 1 is 0.972 bits per heavy atom. The number of hydrogen-bond donors (Lipinski definition) is 4. The van der Waals surface area contributed by atoms with Gasteiger partial charge < -0.3 is 20.5 Å². The van der Waals surface area contributed by atoms with Crippen LogP contribution >= 0.6 is 0 Å². The SMILES string of the molecule is Cc1cccc(-c2[nH]ncc2-c2ccc3nc(Nc4ccc(N5CC(C)N[C@H](C)C5)cn4)[nH]c3c2)n1. The lowest BCUT2D eigenvalue weighted by atomic mass is 10.0.